The number of allylic oxidation sites excluding steroid dienone is 6. The maximum absolute atomic E-state index is 16.3. The molecule has 1 saturated carbocycles. The Kier molecular flexibility index (Phi) is 10.6. The molecule has 2 atom stereocenters. The molecule has 0 saturated heterocycles. The van der Waals surface area contributed by atoms with E-state index in [-0.39, 0.29) is 33.8 Å². The molecule has 2 aliphatic carbocycles. The summed E-state index contributed by atoms with van der Waals surface area (Å²) in [5.41, 5.74) is -0.838. The number of alkyl halides is 6. The van der Waals surface area contributed by atoms with Crippen molar-refractivity contribution in [3.63, 3.8) is 0 Å². The minimum atomic E-state index is -5.75. The molecule has 0 bridgehead atoms. The quantitative estimate of drug-likeness (QED) is 0.0961. The summed E-state index contributed by atoms with van der Waals surface area (Å²) in [6, 6.07) is 18.9. The van der Waals surface area contributed by atoms with Gasteiger partial charge in [-0.05, 0) is 82.0 Å². The van der Waals surface area contributed by atoms with Gasteiger partial charge in [-0.1, -0.05) is 57.0 Å². The van der Waals surface area contributed by atoms with Crippen LogP contribution in [-0.2, 0) is 10.3 Å². The summed E-state index contributed by atoms with van der Waals surface area (Å²) in [5, 5.41) is 6.34. The monoisotopic (exact) mass is 918 g/mol. The average molecular weight is 919 g/mol. The number of hydrogen-bond donors (Lipinski definition) is 0. The zero-order chi connectivity index (χ0) is 45.8. The number of amides is 1. The molecule has 9 rings (SSSR count). The third-order valence-corrected chi connectivity index (χ3v) is 17.0. The second-order valence-electron chi connectivity index (χ2n) is 16.8. The Morgan fingerprint density at radius 3 is 1.64 bits per heavy atom. The first-order chi connectivity index (χ1) is 30.5. The zero-order valence-corrected chi connectivity index (χ0v) is 38.0. The smallest absolute Gasteiger partial charge is 0.380 e. The number of nitrogens with zero attached hydrogens (tertiary/aromatic N) is 4. The fourth-order valence-corrected chi connectivity index (χ4v) is 14.5. The number of benzene rings is 3. The SMILES string of the molecule is CCCC12SC(C=O)=CC1=C1C(=C3C=C(/C=N/N4C(=O)c5ccccc5C45c4ccc(N(CC)CC)cc4Oc4cc(N(CC)CC)ccc45)SC32CCC)C(F)(F)C(F)(F)C1(F)F. The maximum atomic E-state index is 16.3. The van der Waals surface area contributed by atoms with E-state index in [0.29, 0.717) is 52.9 Å². The van der Waals surface area contributed by atoms with Crippen LogP contribution in [0.3, 0.4) is 0 Å². The van der Waals surface area contributed by atoms with Crippen LogP contribution in [0, 0.1) is 0 Å². The second kappa shape index (κ2) is 15.4. The van der Waals surface area contributed by atoms with Crippen LogP contribution in [0.15, 0.2) is 110 Å². The number of hydrogen-bond acceptors (Lipinski definition) is 8. The molecule has 336 valence electrons. The fourth-order valence-electron chi connectivity index (χ4n) is 11.0. The minimum Gasteiger partial charge on any atom is -0.456 e. The van der Waals surface area contributed by atoms with Crippen molar-refractivity contribution in [1.82, 2.24) is 5.01 Å². The van der Waals surface area contributed by atoms with Crippen molar-refractivity contribution in [3.05, 3.63) is 127 Å². The van der Waals surface area contributed by atoms with Crippen molar-refractivity contribution in [1.29, 1.82) is 0 Å². The molecular weight excluding hydrogens is 871 g/mol. The molecule has 0 N–H and O–H groups in total. The Bertz CT molecular complexity index is 2590. The van der Waals surface area contributed by atoms with Crippen LogP contribution in [0.1, 0.15) is 94.3 Å². The van der Waals surface area contributed by atoms with Crippen molar-refractivity contribution in [2.45, 2.75) is 100 Å². The summed E-state index contributed by atoms with van der Waals surface area (Å²) >= 11 is 2.07. The van der Waals surface area contributed by atoms with Gasteiger partial charge in [-0.15, -0.1) is 23.5 Å². The second-order valence-corrected chi connectivity index (χ2v) is 19.5. The van der Waals surface area contributed by atoms with Gasteiger partial charge in [-0.25, -0.2) is 5.01 Å². The summed E-state index contributed by atoms with van der Waals surface area (Å²) < 4.78 is 100.0. The molecule has 6 aliphatic rings. The lowest BCUT2D eigenvalue weighted by Gasteiger charge is -2.51. The van der Waals surface area contributed by atoms with E-state index in [4.69, 9.17) is 9.84 Å². The Balaban J connectivity index is 1.28. The van der Waals surface area contributed by atoms with Crippen LogP contribution in [0.2, 0.25) is 0 Å². The van der Waals surface area contributed by atoms with E-state index in [1.807, 2.05) is 55.5 Å². The fraction of sp³-hybridized carbons (Fsp3) is 0.408. The van der Waals surface area contributed by atoms with Crippen LogP contribution < -0.4 is 14.5 Å². The predicted molar refractivity (Wildman–Crippen MR) is 243 cm³/mol. The van der Waals surface area contributed by atoms with Crippen molar-refractivity contribution in [2.24, 2.45) is 5.10 Å². The topological polar surface area (TPSA) is 65.5 Å². The Morgan fingerprint density at radius 2 is 1.16 bits per heavy atom. The zero-order valence-electron chi connectivity index (χ0n) is 36.3. The largest absolute Gasteiger partial charge is 0.456 e. The molecule has 0 aromatic heterocycles. The molecule has 1 spiro atoms. The molecule has 15 heteroatoms. The van der Waals surface area contributed by atoms with Crippen LogP contribution in [0.5, 0.6) is 11.5 Å². The first kappa shape index (κ1) is 44.3. The highest BCUT2D eigenvalue weighted by Gasteiger charge is 2.84. The van der Waals surface area contributed by atoms with E-state index in [1.165, 1.54) is 17.3 Å². The number of carbonyl (C=O) groups excluding carboxylic acids is 2. The van der Waals surface area contributed by atoms with Gasteiger partial charge in [0.05, 0.1) is 15.7 Å². The highest BCUT2D eigenvalue weighted by molar-refractivity contribution is 8.10. The lowest BCUT2D eigenvalue weighted by molar-refractivity contribution is -0.258. The number of fused-ring (bicyclic) bond motifs is 10. The summed E-state index contributed by atoms with van der Waals surface area (Å²) in [7, 11) is 0. The molecule has 3 aromatic carbocycles. The van der Waals surface area contributed by atoms with Crippen molar-refractivity contribution >= 4 is 53.3 Å². The average Bonchev–Trinajstić information content (AvgIpc) is 3.94. The van der Waals surface area contributed by atoms with E-state index >= 15 is 26.3 Å². The number of ether oxygens (including phenoxy) is 1. The number of carbonyl (C=O) groups is 2. The molecule has 4 heterocycles. The van der Waals surface area contributed by atoms with Crippen LogP contribution in [-0.4, -0.2) is 76.9 Å². The molecule has 4 aliphatic heterocycles. The predicted octanol–water partition coefficient (Wildman–Crippen LogP) is 12.3. The summed E-state index contributed by atoms with van der Waals surface area (Å²) in [6.45, 7) is 14.8. The Hall–Kier alpha value is -4.89. The molecular formula is C49H48F6N4O3S2. The lowest BCUT2D eigenvalue weighted by Crippen LogP contribution is -2.53. The van der Waals surface area contributed by atoms with E-state index < -0.39 is 49.9 Å². The molecule has 3 aromatic rings. The van der Waals surface area contributed by atoms with Gasteiger partial charge in [0.1, 0.15) is 17.0 Å². The molecule has 2 unspecified atom stereocenters. The number of anilines is 2. The molecule has 0 radical (unpaired) electrons. The number of rotatable bonds is 13. The van der Waals surface area contributed by atoms with E-state index in [1.54, 1.807) is 19.1 Å². The number of halogens is 6. The normalized spacial score (nSPS) is 24.8. The first-order valence-corrected chi connectivity index (χ1v) is 23.5. The van der Waals surface area contributed by atoms with Gasteiger partial charge in [0.15, 0.2) is 6.29 Å². The lowest BCUT2D eigenvalue weighted by atomic mass is 9.66. The van der Waals surface area contributed by atoms with E-state index in [0.717, 1.165) is 67.2 Å². The van der Waals surface area contributed by atoms with Gasteiger partial charge in [-0.3, -0.25) is 9.59 Å². The van der Waals surface area contributed by atoms with Crippen molar-refractivity contribution in [3.8, 4) is 11.5 Å². The van der Waals surface area contributed by atoms with Crippen molar-refractivity contribution in [2.75, 3.05) is 36.0 Å². The number of aldehydes is 1. The van der Waals surface area contributed by atoms with Gasteiger partial charge >= 0.3 is 17.8 Å². The molecule has 1 amide bonds. The van der Waals surface area contributed by atoms with Gasteiger partial charge in [0, 0.05) is 92.9 Å². The Morgan fingerprint density at radius 1 is 0.672 bits per heavy atom. The first-order valence-electron chi connectivity index (χ1n) is 21.9. The standard InChI is InChI=1S/C49H48F6N4O3S2/c1-7-21-44-37(41-42(48(52,53)49(54,55)47(41,50)51)38-26-32(28-60)64-45(38,44)22-8-2)25-31(63-44)27-56-59-43(61)33-15-13-14-16-34(33)46(59)35-19-17-29(57(9-3)10-4)23-39(35)62-40-24-30(18-20-36(40)46)58(11-5)12-6/h13-20,23-28H,7-12,21-22H2,1-6H3/b56-27+. The van der Waals surface area contributed by atoms with E-state index in [9.17, 15) is 9.59 Å². The summed E-state index contributed by atoms with van der Waals surface area (Å²) in [6.07, 6.45) is 5.19. The minimum absolute atomic E-state index is 0.00315. The van der Waals surface area contributed by atoms with Crippen molar-refractivity contribution < 1.29 is 40.7 Å². The molecule has 7 nitrogen and oxygen atoms in total. The van der Waals surface area contributed by atoms with Gasteiger partial charge < -0.3 is 14.5 Å². The van der Waals surface area contributed by atoms with Crippen LogP contribution in [0.25, 0.3) is 0 Å². The number of hydrazone groups is 1. The maximum Gasteiger partial charge on any atom is 0.380 e. The van der Waals surface area contributed by atoms with Crippen LogP contribution in [0.4, 0.5) is 37.7 Å². The number of thioether (sulfide) groups is 2. The Labute approximate surface area is 377 Å². The molecule has 64 heavy (non-hydrogen) atoms. The van der Waals surface area contributed by atoms with E-state index in [2.05, 4.69) is 37.5 Å². The third-order valence-electron chi connectivity index (χ3n) is 13.8. The van der Waals surface area contributed by atoms with Crippen LogP contribution >= 0.6 is 23.5 Å². The summed E-state index contributed by atoms with van der Waals surface area (Å²) in [4.78, 5) is 31.9. The highest BCUT2D eigenvalue weighted by atomic mass is 32.2. The van der Waals surface area contributed by atoms with Gasteiger partial charge in [-0.2, -0.15) is 31.4 Å². The van der Waals surface area contributed by atoms with Gasteiger partial charge in [0.2, 0.25) is 0 Å². The highest BCUT2D eigenvalue weighted by Crippen LogP contribution is 2.76. The molecule has 1 fully saturated rings. The third kappa shape index (κ3) is 5.54. The van der Waals surface area contributed by atoms with Gasteiger partial charge in [0.25, 0.3) is 5.91 Å². The summed E-state index contributed by atoms with van der Waals surface area (Å²) in [5.74, 6) is -15.7.